The minimum Gasteiger partial charge on any atom is -0.455 e. The molecule has 0 saturated heterocycles. The molecule has 34 heavy (non-hydrogen) atoms. The van der Waals surface area contributed by atoms with Gasteiger partial charge in [0.1, 0.15) is 42.2 Å². The van der Waals surface area contributed by atoms with Gasteiger partial charge >= 0.3 is 0 Å². The first-order chi connectivity index (χ1) is 16.3. The van der Waals surface area contributed by atoms with Crippen LogP contribution in [0, 0.1) is 5.82 Å². The molecule has 1 aromatic carbocycles. The van der Waals surface area contributed by atoms with Crippen LogP contribution in [0.3, 0.4) is 0 Å². The summed E-state index contributed by atoms with van der Waals surface area (Å²) < 4.78 is 33.2. The summed E-state index contributed by atoms with van der Waals surface area (Å²) in [6.45, 7) is 7.29. The first kappa shape index (κ1) is 23.6. The Hall–Kier alpha value is -3.57. The highest BCUT2D eigenvalue weighted by Gasteiger charge is 2.26. The SMILES string of the molecule is C[Si](C)(C)CCOCn1nc(C=O)cc1C(=O)c1ccnn1-c1ccc(F)cc1C1OC=CO1. The van der Waals surface area contributed by atoms with Crippen molar-refractivity contribution in [3.63, 3.8) is 0 Å². The van der Waals surface area contributed by atoms with Crippen LogP contribution in [0.1, 0.15) is 38.5 Å². The van der Waals surface area contributed by atoms with Gasteiger partial charge in [0.25, 0.3) is 6.29 Å². The molecule has 0 aliphatic carbocycles. The van der Waals surface area contributed by atoms with E-state index in [1.807, 2.05) is 0 Å². The van der Waals surface area contributed by atoms with Crippen molar-refractivity contribution in [2.75, 3.05) is 6.61 Å². The molecule has 0 amide bonds. The van der Waals surface area contributed by atoms with E-state index >= 15 is 0 Å². The molecule has 4 rings (SSSR count). The van der Waals surface area contributed by atoms with Crippen LogP contribution >= 0.6 is 0 Å². The van der Waals surface area contributed by atoms with Gasteiger partial charge in [0.15, 0.2) is 6.29 Å². The molecule has 0 atom stereocenters. The van der Waals surface area contributed by atoms with Gasteiger partial charge in [0, 0.05) is 14.7 Å². The normalized spacial score (nSPS) is 13.6. The van der Waals surface area contributed by atoms with Crippen LogP contribution in [0.15, 0.2) is 49.1 Å². The highest BCUT2D eigenvalue weighted by molar-refractivity contribution is 6.76. The average molecular weight is 485 g/mol. The monoisotopic (exact) mass is 484 g/mol. The first-order valence-corrected chi connectivity index (χ1v) is 14.4. The average Bonchev–Trinajstić information content (AvgIpc) is 3.56. The van der Waals surface area contributed by atoms with E-state index in [9.17, 15) is 14.0 Å². The van der Waals surface area contributed by atoms with Crippen molar-refractivity contribution >= 4 is 20.1 Å². The summed E-state index contributed by atoms with van der Waals surface area (Å²) in [5.74, 6) is -0.907. The minimum atomic E-state index is -1.28. The van der Waals surface area contributed by atoms with Gasteiger partial charge in [0.05, 0.1) is 17.4 Å². The Morgan fingerprint density at radius 2 is 1.94 bits per heavy atom. The Balaban J connectivity index is 1.64. The molecule has 3 heterocycles. The zero-order valence-corrected chi connectivity index (χ0v) is 20.1. The molecule has 0 spiro atoms. The maximum absolute atomic E-state index is 14.0. The van der Waals surface area contributed by atoms with E-state index < -0.39 is 26.0 Å². The zero-order valence-electron chi connectivity index (χ0n) is 19.1. The van der Waals surface area contributed by atoms with Crippen molar-refractivity contribution in [1.82, 2.24) is 19.6 Å². The van der Waals surface area contributed by atoms with Gasteiger partial charge in [-0.2, -0.15) is 10.2 Å². The molecule has 11 heteroatoms. The maximum atomic E-state index is 14.0. The van der Waals surface area contributed by atoms with Gasteiger partial charge in [-0.3, -0.25) is 9.59 Å². The van der Waals surface area contributed by atoms with E-state index in [2.05, 4.69) is 29.8 Å². The maximum Gasteiger partial charge on any atom is 0.268 e. The number of ketones is 1. The predicted octanol–water partition coefficient (Wildman–Crippen LogP) is 4.08. The van der Waals surface area contributed by atoms with Gasteiger partial charge in [-0.15, -0.1) is 0 Å². The molecule has 0 bridgehead atoms. The topological polar surface area (TPSA) is 97.5 Å². The lowest BCUT2D eigenvalue weighted by Gasteiger charge is -2.17. The number of benzene rings is 1. The van der Waals surface area contributed by atoms with Crippen LogP contribution in [0.5, 0.6) is 0 Å². The highest BCUT2D eigenvalue weighted by atomic mass is 28.3. The lowest BCUT2D eigenvalue weighted by atomic mass is 10.1. The lowest BCUT2D eigenvalue weighted by Crippen LogP contribution is -2.23. The molecule has 1 aliphatic rings. The third-order valence-corrected chi connectivity index (χ3v) is 6.87. The van der Waals surface area contributed by atoms with Crippen molar-refractivity contribution < 1.29 is 28.2 Å². The molecule has 1 aliphatic heterocycles. The summed E-state index contributed by atoms with van der Waals surface area (Å²) >= 11 is 0. The molecule has 0 N–H and O–H groups in total. The number of hydrogen-bond donors (Lipinski definition) is 0. The van der Waals surface area contributed by atoms with Crippen molar-refractivity contribution in [2.24, 2.45) is 0 Å². The second kappa shape index (κ2) is 9.73. The fraction of sp³-hybridized carbons (Fsp3) is 0.304. The quantitative estimate of drug-likeness (QED) is 0.185. The Bertz CT molecular complexity index is 1220. The van der Waals surface area contributed by atoms with E-state index in [1.165, 1.54) is 58.4 Å². The number of carbonyl (C=O) groups excluding carboxylic acids is 2. The number of rotatable bonds is 10. The molecule has 9 nitrogen and oxygen atoms in total. The summed E-state index contributed by atoms with van der Waals surface area (Å²) in [5, 5.41) is 8.44. The fourth-order valence-corrected chi connectivity index (χ4v) is 4.15. The van der Waals surface area contributed by atoms with Crippen molar-refractivity contribution in [3.8, 4) is 5.69 Å². The van der Waals surface area contributed by atoms with Gasteiger partial charge in [-0.1, -0.05) is 19.6 Å². The molecule has 0 fully saturated rings. The number of ether oxygens (including phenoxy) is 3. The van der Waals surface area contributed by atoms with Crippen LogP contribution in [0.25, 0.3) is 5.69 Å². The smallest absolute Gasteiger partial charge is 0.268 e. The molecule has 0 unspecified atom stereocenters. The van der Waals surface area contributed by atoms with E-state index in [4.69, 9.17) is 14.2 Å². The predicted molar refractivity (Wildman–Crippen MR) is 123 cm³/mol. The number of nitrogens with zero attached hydrogens (tertiary/aromatic N) is 4. The lowest BCUT2D eigenvalue weighted by molar-refractivity contribution is -0.0248. The third-order valence-electron chi connectivity index (χ3n) is 5.17. The summed E-state index contributed by atoms with van der Waals surface area (Å²) in [4.78, 5) is 24.9. The summed E-state index contributed by atoms with van der Waals surface area (Å²) in [6, 6.07) is 7.93. The molecule has 0 saturated carbocycles. The third kappa shape index (κ3) is 5.15. The summed E-state index contributed by atoms with van der Waals surface area (Å²) in [5.41, 5.74) is 1.26. The minimum absolute atomic E-state index is 0.0325. The van der Waals surface area contributed by atoms with Crippen molar-refractivity contribution in [3.05, 3.63) is 77.5 Å². The molecule has 178 valence electrons. The van der Waals surface area contributed by atoms with Crippen LogP contribution in [0.4, 0.5) is 4.39 Å². The molecular weight excluding hydrogens is 459 g/mol. The molecular formula is C23H25FN4O5Si. The number of aromatic nitrogens is 4. The van der Waals surface area contributed by atoms with Gasteiger partial charge in [-0.25, -0.2) is 13.8 Å². The Labute approximate surface area is 196 Å². The highest BCUT2D eigenvalue weighted by Crippen LogP contribution is 2.30. The summed E-state index contributed by atoms with van der Waals surface area (Å²) in [6.07, 6.45) is 3.88. The van der Waals surface area contributed by atoms with Crippen LogP contribution in [-0.2, 0) is 20.9 Å². The first-order valence-electron chi connectivity index (χ1n) is 10.7. The second-order valence-electron chi connectivity index (χ2n) is 8.96. The Morgan fingerprint density at radius 1 is 1.18 bits per heavy atom. The number of aldehydes is 1. The van der Waals surface area contributed by atoms with Gasteiger partial charge < -0.3 is 14.2 Å². The second-order valence-corrected chi connectivity index (χ2v) is 14.6. The molecule has 2 aromatic heterocycles. The Kier molecular flexibility index (Phi) is 6.75. The molecule has 0 radical (unpaired) electrons. The Morgan fingerprint density at radius 3 is 2.65 bits per heavy atom. The van der Waals surface area contributed by atoms with Gasteiger partial charge in [-0.05, 0) is 36.4 Å². The molecule has 3 aromatic rings. The summed E-state index contributed by atoms with van der Waals surface area (Å²) in [7, 11) is -1.28. The van der Waals surface area contributed by atoms with E-state index in [0.29, 0.717) is 24.1 Å². The number of hydrogen-bond acceptors (Lipinski definition) is 7. The van der Waals surface area contributed by atoms with Crippen molar-refractivity contribution in [1.29, 1.82) is 0 Å². The number of halogens is 1. The zero-order chi connectivity index (χ0) is 24.3. The largest absolute Gasteiger partial charge is 0.455 e. The van der Waals surface area contributed by atoms with E-state index in [1.54, 1.807) is 0 Å². The van der Waals surface area contributed by atoms with Gasteiger partial charge in [0.2, 0.25) is 5.78 Å². The number of carbonyl (C=O) groups is 2. The van der Waals surface area contributed by atoms with Crippen LogP contribution < -0.4 is 0 Å². The van der Waals surface area contributed by atoms with Crippen LogP contribution in [0.2, 0.25) is 25.7 Å². The van der Waals surface area contributed by atoms with Crippen LogP contribution in [-0.4, -0.2) is 46.3 Å². The van der Waals surface area contributed by atoms with E-state index in [0.717, 1.165) is 6.04 Å². The standard InChI is InChI=1S/C23H25FN4O5Si/c1-34(2,3)11-10-31-15-27-21(13-17(14-29)26-27)22(30)20-6-7-25-28(20)19-5-4-16(24)12-18(19)23-32-8-9-33-23/h4-9,12-14,23H,10-11,15H2,1-3H3. The fourth-order valence-electron chi connectivity index (χ4n) is 3.40. The van der Waals surface area contributed by atoms with E-state index in [-0.39, 0.29) is 23.8 Å². The van der Waals surface area contributed by atoms with Crippen molar-refractivity contribution in [2.45, 2.75) is 38.7 Å².